The van der Waals surface area contributed by atoms with Crippen LogP contribution >= 0.6 is 15.9 Å². The summed E-state index contributed by atoms with van der Waals surface area (Å²) in [5.41, 5.74) is 9.31. The fourth-order valence-electron chi connectivity index (χ4n) is 2.13. The molecule has 0 saturated carbocycles. The third-order valence-corrected chi connectivity index (χ3v) is 3.70. The van der Waals surface area contributed by atoms with Crippen LogP contribution in [-0.2, 0) is 0 Å². The number of halogens is 1. The summed E-state index contributed by atoms with van der Waals surface area (Å²) >= 11 is 3.37. The molecule has 0 radical (unpaired) electrons. The van der Waals surface area contributed by atoms with E-state index in [0.717, 1.165) is 4.47 Å². The Morgan fingerprint density at radius 3 is 2.76 bits per heavy atom. The zero-order valence-corrected chi connectivity index (χ0v) is 14.1. The number of anilines is 2. The number of hydrazone groups is 1. The lowest BCUT2D eigenvalue weighted by Crippen LogP contribution is -2.35. The average molecular weight is 406 g/mol. The quantitative estimate of drug-likeness (QED) is 0.391. The van der Waals surface area contributed by atoms with E-state index >= 15 is 0 Å². The van der Waals surface area contributed by atoms with Gasteiger partial charge in [-0.3, -0.25) is 15.5 Å². The normalized spacial score (nSPS) is 12.6. The van der Waals surface area contributed by atoms with Crippen LogP contribution < -0.4 is 27.1 Å². The lowest BCUT2D eigenvalue weighted by atomic mass is 10.1. The number of hydrogen-bond donors (Lipinski definition) is 5. The molecule has 2 aromatic carbocycles. The molecule has 25 heavy (non-hydrogen) atoms. The average Bonchev–Trinajstić information content (AvgIpc) is 3.11. The van der Waals surface area contributed by atoms with E-state index in [1.807, 2.05) is 0 Å². The lowest BCUT2D eigenvalue weighted by molar-refractivity contribution is -0.384. The third kappa shape index (κ3) is 4.02. The molecule has 128 valence electrons. The Kier molecular flexibility index (Phi) is 4.77. The van der Waals surface area contributed by atoms with Gasteiger partial charge in [-0.1, -0.05) is 22.0 Å². The second-order valence-corrected chi connectivity index (χ2v) is 5.81. The topological polar surface area (TPSA) is 133 Å². The van der Waals surface area contributed by atoms with Gasteiger partial charge in [0.15, 0.2) is 5.84 Å². The van der Waals surface area contributed by atoms with E-state index in [1.165, 1.54) is 18.2 Å². The smallest absolute Gasteiger partial charge is 0.307 e. The van der Waals surface area contributed by atoms with Crippen LogP contribution in [0.5, 0.6) is 0 Å². The largest absolute Gasteiger partial charge is 0.323 e. The van der Waals surface area contributed by atoms with Gasteiger partial charge in [0.25, 0.3) is 5.69 Å². The number of amidine groups is 1. The highest BCUT2D eigenvalue weighted by Crippen LogP contribution is 2.22. The summed E-state index contributed by atoms with van der Waals surface area (Å²) in [6, 6.07) is 10.4. The summed E-state index contributed by atoms with van der Waals surface area (Å²) in [5, 5.41) is 20.1. The molecule has 10 nitrogen and oxygen atoms in total. The molecule has 0 saturated heterocycles. The first-order valence-electron chi connectivity index (χ1n) is 6.99. The molecule has 1 aliphatic rings. The van der Waals surface area contributed by atoms with Gasteiger partial charge < -0.3 is 10.6 Å². The Morgan fingerprint density at radius 2 is 2.04 bits per heavy atom. The van der Waals surface area contributed by atoms with E-state index in [2.05, 4.69) is 48.2 Å². The molecule has 2 aromatic rings. The third-order valence-electron chi connectivity index (χ3n) is 3.20. The number of nitrogens with one attached hydrogen (secondary N) is 5. The summed E-state index contributed by atoms with van der Waals surface area (Å²) in [7, 11) is 0. The summed E-state index contributed by atoms with van der Waals surface area (Å²) in [6.07, 6.45) is 0. The minimum absolute atomic E-state index is 0.108. The van der Waals surface area contributed by atoms with E-state index in [0.29, 0.717) is 22.8 Å². The Labute approximate surface area is 149 Å². The van der Waals surface area contributed by atoms with Crippen LogP contribution in [0.4, 0.5) is 21.9 Å². The molecular formula is C14H12BrN7O3. The van der Waals surface area contributed by atoms with Crippen molar-refractivity contribution in [1.82, 2.24) is 16.5 Å². The molecule has 0 spiro atoms. The first-order chi connectivity index (χ1) is 12.0. The van der Waals surface area contributed by atoms with Crippen LogP contribution in [0.3, 0.4) is 0 Å². The predicted molar refractivity (Wildman–Crippen MR) is 95.8 cm³/mol. The maximum absolute atomic E-state index is 12.2. The summed E-state index contributed by atoms with van der Waals surface area (Å²) in [6.45, 7) is 0. The minimum Gasteiger partial charge on any atom is -0.307 e. The summed E-state index contributed by atoms with van der Waals surface area (Å²) < 4.78 is 0.809. The summed E-state index contributed by atoms with van der Waals surface area (Å²) in [5.74, 6) is 0.493. The maximum atomic E-state index is 12.2. The predicted octanol–water partition coefficient (Wildman–Crippen LogP) is 2.28. The Hall–Kier alpha value is -3.18. The molecule has 0 aromatic heterocycles. The number of amides is 2. The monoisotopic (exact) mass is 405 g/mol. The number of carbonyl (C=O) groups is 1. The van der Waals surface area contributed by atoms with Gasteiger partial charge in [0.2, 0.25) is 0 Å². The number of nitrogens with zero attached hydrogens (tertiary/aromatic N) is 2. The van der Waals surface area contributed by atoms with Crippen LogP contribution in [-0.4, -0.2) is 16.8 Å². The number of urea groups is 1. The van der Waals surface area contributed by atoms with Crippen molar-refractivity contribution in [2.45, 2.75) is 0 Å². The number of nitro groups is 1. The van der Waals surface area contributed by atoms with Gasteiger partial charge in [0, 0.05) is 27.9 Å². The zero-order chi connectivity index (χ0) is 17.8. The zero-order valence-electron chi connectivity index (χ0n) is 12.5. The number of carbonyl (C=O) groups excluding carboxylic acids is 1. The van der Waals surface area contributed by atoms with E-state index in [4.69, 9.17) is 0 Å². The van der Waals surface area contributed by atoms with Gasteiger partial charge in [0.1, 0.15) is 0 Å². The first-order valence-corrected chi connectivity index (χ1v) is 7.78. The molecule has 11 heteroatoms. The molecule has 1 heterocycles. The van der Waals surface area contributed by atoms with Crippen LogP contribution in [0.1, 0.15) is 5.56 Å². The maximum Gasteiger partial charge on any atom is 0.323 e. The van der Waals surface area contributed by atoms with Crippen molar-refractivity contribution in [3.05, 3.63) is 62.6 Å². The van der Waals surface area contributed by atoms with Gasteiger partial charge in [0.05, 0.1) is 10.6 Å². The molecule has 0 unspecified atom stereocenters. The van der Waals surface area contributed by atoms with Crippen molar-refractivity contribution < 1.29 is 9.72 Å². The summed E-state index contributed by atoms with van der Waals surface area (Å²) in [4.78, 5) is 22.5. The molecular weight excluding hydrogens is 394 g/mol. The Morgan fingerprint density at radius 1 is 1.20 bits per heavy atom. The Balaban J connectivity index is 1.77. The van der Waals surface area contributed by atoms with Crippen LogP contribution in [0.25, 0.3) is 0 Å². The van der Waals surface area contributed by atoms with Gasteiger partial charge >= 0.3 is 6.03 Å². The van der Waals surface area contributed by atoms with Gasteiger partial charge in [-0.25, -0.2) is 10.3 Å². The second kappa shape index (κ2) is 7.15. The standard InChI is InChI=1S/C14H12BrN7O3/c15-8-4-5-12(11(6-8)13-18-20-21-19-13)17-14(23)16-9-2-1-3-10(7-9)22(24)25/h1-7,20-21H,(H,18,19)(H2,16,17,23). The minimum atomic E-state index is -0.538. The molecule has 5 N–H and O–H groups in total. The van der Waals surface area contributed by atoms with E-state index < -0.39 is 11.0 Å². The number of hydrazine groups is 2. The van der Waals surface area contributed by atoms with Crippen molar-refractivity contribution >= 4 is 44.9 Å². The van der Waals surface area contributed by atoms with E-state index in [1.54, 1.807) is 24.3 Å². The van der Waals surface area contributed by atoms with E-state index in [9.17, 15) is 14.9 Å². The number of non-ortho nitro benzene ring substituents is 1. The first kappa shape index (κ1) is 16.7. The molecule has 2 amide bonds. The highest BCUT2D eigenvalue weighted by molar-refractivity contribution is 9.10. The van der Waals surface area contributed by atoms with Crippen LogP contribution in [0.15, 0.2) is 52.0 Å². The highest BCUT2D eigenvalue weighted by atomic mass is 79.9. The molecule has 0 fully saturated rings. The fraction of sp³-hybridized carbons (Fsp3) is 0. The number of nitro benzene ring substituents is 1. The molecule has 0 atom stereocenters. The number of benzene rings is 2. The fourth-order valence-corrected chi connectivity index (χ4v) is 2.49. The molecule has 1 aliphatic heterocycles. The van der Waals surface area contributed by atoms with Crippen molar-refractivity contribution in [2.75, 3.05) is 10.6 Å². The van der Waals surface area contributed by atoms with E-state index in [-0.39, 0.29) is 5.69 Å². The van der Waals surface area contributed by atoms with Crippen molar-refractivity contribution in [3.8, 4) is 0 Å². The van der Waals surface area contributed by atoms with Gasteiger partial charge in [-0.2, -0.15) is 0 Å². The SMILES string of the molecule is O=C(Nc1cccc([N+](=O)[O-])c1)Nc1ccc(Br)cc1C1=NNNN1. The lowest BCUT2D eigenvalue weighted by Gasteiger charge is -2.12. The number of hydrogen-bond acceptors (Lipinski definition) is 7. The van der Waals surface area contributed by atoms with Crippen LogP contribution in [0, 0.1) is 10.1 Å². The van der Waals surface area contributed by atoms with Crippen LogP contribution in [0.2, 0.25) is 0 Å². The van der Waals surface area contributed by atoms with Crippen molar-refractivity contribution in [1.29, 1.82) is 0 Å². The molecule has 0 aliphatic carbocycles. The Bertz CT molecular complexity index is 871. The van der Waals surface area contributed by atoms with Crippen molar-refractivity contribution in [2.24, 2.45) is 5.10 Å². The number of rotatable bonds is 4. The second-order valence-electron chi connectivity index (χ2n) is 4.90. The van der Waals surface area contributed by atoms with Gasteiger partial charge in [-0.05, 0) is 24.3 Å². The molecule has 0 bridgehead atoms. The van der Waals surface area contributed by atoms with Gasteiger partial charge in [-0.15, -0.1) is 10.6 Å². The van der Waals surface area contributed by atoms with Crippen molar-refractivity contribution in [3.63, 3.8) is 0 Å². The molecule has 3 rings (SSSR count). The highest BCUT2D eigenvalue weighted by Gasteiger charge is 2.15.